The fraction of sp³-hybridized carbons (Fsp3) is 0.533. The Morgan fingerprint density at radius 1 is 1.40 bits per heavy atom. The van der Waals surface area contributed by atoms with Crippen LogP contribution in [0.5, 0.6) is 0 Å². The van der Waals surface area contributed by atoms with E-state index in [9.17, 15) is 4.79 Å². The molecule has 1 heterocycles. The molecule has 0 aromatic heterocycles. The molecule has 110 valence electrons. The lowest BCUT2D eigenvalue weighted by molar-refractivity contribution is 0.0697. The van der Waals surface area contributed by atoms with Crippen molar-refractivity contribution in [3.8, 4) is 0 Å². The van der Waals surface area contributed by atoms with E-state index < -0.39 is 5.97 Å². The maximum absolute atomic E-state index is 11.1. The number of carboxylic acid groups (broad SMARTS) is 1. The van der Waals surface area contributed by atoms with Gasteiger partial charge in [0.2, 0.25) is 0 Å². The average Bonchev–Trinajstić information content (AvgIpc) is 2.40. The number of likely N-dealkylation sites (tertiary alicyclic amines) is 1. The van der Waals surface area contributed by atoms with Crippen LogP contribution in [0.25, 0.3) is 0 Å². The van der Waals surface area contributed by atoms with Gasteiger partial charge < -0.3 is 14.9 Å². The van der Waals surface area contributed by atoms with Crippen molar-refractivity contribution in [1.82, 2.24) is 4.90 Å². The Morgan fingerprint density at radius 2 is 2.05 bits per heavy atom. The van der Waals surface area contributed by atoms with Gasteiger partial charge in [0, 0.05) is 23.8 Å². The van der Waals surface area contributed by atoms with Crippen molar-refractivity contribution in [2.75, 3.05) is 38.6 Å². The van der Waals surface area contributed by atoms with Crippen molar-refractivity contribution in [1.29, 1.82) is 0 Å². The van der Waals surface area contributed by atoms with E-state index in [0.29, 0.717) is 11.5 Å². The molecule has 0 saturated carbocycles. The van der Waals surface area contributed by atoms with Gasteiger partial charge in [-0.3, -0.25) is 0 Å². The summed E-state index contributed by atoms with van der Waals surface area (Å²) in [7, 11) is 4.19. The predicted molar refractivity (Wildman–Crippen MR) is 84.6 cm³/mol. The number of hydrogen-bond donors (Lipinski definition) is 1. The number of rotatable bonds is 4. The van der Waals surface area contributed by atoms with Crippen molar-refractivity contribution in [2.45, 2.75) is 12.8 Å². The quantitative estimate of drug-likeness (QED) is 0.915. The Hall–Kier alpha value is -1.07. The van der Waals surface area contributed by atoms with Gasteiger partial charge in [0.1, 0.15) is 0 Å². The van der Waals surface area contributed by atoms with E-state index in [-0.39, 0.29) is 0 Å². The molecule has 20 heavy (non-hydrogen) atoms. The minimum atomic E-state index is -0.889. The number of carbonyl (C=O) groups is 1. The third-order valence-electron chi connectivity index (χ3n) is 3.94. The van der Waals surface area contributed by atoms with Crippen LogP contribution < -0.4 is 4.90 Å². The fourth-order valence-electron chi connectivity index (χ4n) is 2.66. The minimum Gasteiger partial charge on any atom is -0.478 e. The minimum absolute atomic E-state index is 0.324. The van der Waals surface area contributed by atoms with Gasteiger partial charge in [0.05, 0.1) is 5.56 Å². The lowest BCUT2D eigenvalue weighted by Crippen LogP contribution is -2.35. The maximum atomic E-state index is 11.1. The topological polar surface area (TPSA) is 43.8 Å². The molecule has 1 saturated heterocycles. The molecule has 4 nitrogen and oxygen atoms in total. The zero-order valence-electron chi connectivity index (χ0n) is 12.0. The first-order valence-corrected chi connectivity index (χ1v) is 7.68. The van der Waals surface area contributed by atoms with Crippen LogP contribution in [0.2, 0.25) is 0 Å². The Bertz CT molecular complexity index is 485. The van der Waals surface area contributed by atoms with Crippen LogP contribution in [0.15, 0.2) is 22.7 Å². The van der Waals surface area contributed by atoms with E-state index in [4.69, 9.17) is 5.11 Å². The summed E-state index contributed by atoms with van der Waals surface area (Å²) < 4.78 is 0.808. The Kier molecular flexibility index (Phi) is 5.05. The zero-order chi connectivity index (χ0) is 14.7. The average molecular weight is 341 g/mol. The molecule has 0 amide bonds. The number of benzene rings is 1. The second kappa shape index (κ2) is 6.59. The third-order valence-corrected chi connectivity index (χ3v) is 4.40. The standard InChI is InChI=1S/C15H21BrN2O2/c1-17-5-3-11(4-6-17)10-18(2)14-8-12(15(19)20)7-13(16)9-14/h7-9,11H,3-6,10H2,1-2H3,(H,19,20). The molecule has 1 aromatic carbocycles. The molecule has 0 radical (unpaired) electrons. The van der Waals surface area contributed by atoms with Gasteiger partial charge in [-0.25, -0.2) is 4.79 Å². The van der Waals surface area contributed by atoms with Gasteiger partial charge in [0.15, 0.2) is 0 Å². The number of aromatic carboxylic acids is 1. The molecule has 2 rings (SSSR count). The van der Waals surface area contributed by atoms with E-state index in [2.05, 4.69) is 32.8 Å². The van der Waals surface area contributed by atoms with E-state index in [1.807, 2.05) is 13.1 Å². The van der Waals surface area contributed by atoms with Gasteiger partial charge in [-0.15, -0.1) is 0 Å². The third kappa shape index (κ3) is 3.96. The van der Waals surface area contributed by atoms with E-state index in [1.54, 1.807) is 12.1 Å². The van der Waals surface area contributed by atoms with Gasteiger partial charge in [-0.2, -0.15) is 0 Å². The van der Waals surface area contributed by atoms with Gasteiger partial charge in [-0.1, -0.05) is 15.9 Å². The highest BCUT2D eigenvalue weighted by Gasteiger charge is 2.19. The summed E-state index contributed by atoms with van der Waals surface area (Å²) in [6.07, 6.45) is 2.42. The highest BCUT2D eigenvalue weighted by molar-refractivity contribution is 9.10. The van der Waals surface area contributed by atoms with Gasteiger partial charge in [0.25, 0.3) is 0 Å². The van der Waals surface area contributed by atoms with Gasteiger partial charge >= 0.3 is 5.97 Å². The number of carboxylic acids is 1. The van der Waals surface area contributed by atoms with Crippen LogP contribution in [0, 0.1) is 5.92 Å². The summed E-state index contributed by atoms with van der Waals surface area (Å²) in [5.74, 6) is -0.205. The number of nitrogens with zero attached hydrogens (tertiary/aromatic N) is 2. The molecular formula is C15H21BrN2O2. The molecule has 5 heteroatoms. The highest BCUT2D eigenvalue weighted by atomic mass is 79.9. The molecule has 0 unspecified atom stereocenters. The smallest absolute Gasteiger partial charge is 0.335 e. The van der Waals surface area contributed by atoms with Crippen molar-refractivity contribution in [3.05, 3.63) is 28.2 Å². The molecule has 0 aliphatic carbocycles. The van der Waals surface area contributed by atoms with E-state index >= 15 is 0 Å². The fourth-order valence-corrected chi connectivity index (χ4v) is 3.14. The predicted octanol–water partition coefficient (Wildman–Crippen LogP) is 2.93. The molecule has 1 aliphatic rings. The molecule has 1 aliphatic heterocycles. The lowest BCUT2D eigenvalue weighted by Gasteiger charge is -2.32. The van der Waals surface area contributed by atoms with Crippen LogP contribution in [0.4, 0.5) is 5.69 Å². The summed E-state index contributed by atoms with van der Waals surface area (Å²) in [6.45, 7) is 3.28. The van der Waals surface area contributed by atoms with Crippen molar-refractivity contribution in [2.24, 2.45) is 5.92 Å². The monoisotopic (exact) mass is 340 g/mol. The highest BCUT2D eigenvalue weighted by Crippen LogP contribution is 2.25. The molecular weight excluding hydrogens is 320 g/mol. The summed E-state index contributed by atoms with van der Waals surface area (Å²) in [5, 5.41) is 9.12. The first kappa shape index (κ1) is 15.3. The van der Waals surface area contributed by atoms with Crippen molar-refractivity contribution < 1.29 is 9.90 Å². The molecule has 1 aromatic rings. The largest absolute Gasteiger partial charge is 0.478 e. The zero-order valence-corrected chi connectivity index (χ0v) is 13.6. The van der Waals surface area contributed by atoms with Crippen LogP contribution in [0.3, 0.4) is 0 Å². The first-order chi connectivity index (χ1) is 9.45. The van der Waals surface area contributed by atoms with Gasteiger partial charge in [-0.05, 0) is 57.1 Å². The van der Waals surface area contributed by atoms with E-state index in [0.717, 1.165) is 29.8 Å². The second-order valence-corrected chi connectivity index (χ2v) is 6.55. The molecule has 1 fully saturated rings. The van der Waals surface area contributed by atoms with Crippen LogP contribution in [0.1, 0.15) is 23.2 Å². The number of halogens is 1. The Labute approximate surface area is 128 Å². The van der Waals surface area contributed by atoms with E-state index in [1.165, 1.54) is 12.8 Å². The van der Waals surface area contributed by atoms with Crippen molar-refractivity contribution in [3.63, 3.8) is 0 Å². The first-order valence-electron chi connectivity index (χ1n) is 6.89. The number of hydrogen-bond acceptors (Lipinski definition) is 3. The number of anilines is 1. The van der Waals surface area contributed by atoms with Crippen LogP contribution in [-0.4, -0.2) is 49.7 Å². The second-order valence-electron chi connectivity index (χ2n) is 5.63. The molecule has 0 spiro atoms. The molecule has 0 bridgehead atoms. The normalized spacial score (nSPS) is 17.1. The Balaban J connectivity index is 2.05. The molecule has 1 N–H and O–H groups in total. The van der Waals surface area contributed by atoms with Crippen molar-refractivity contribution >= 4 is 27.6 Å². The van der Waals surface area contributed by atoms with Crippen LogP contribution >= 0.6 is 15.9 Å². The maximum Gasteiger partial charge on any atom is 0.335 e. The lowest BCUT2D eigenvalue weighted by atomic mass is 9.96. The molecule has 0 atom stereocenters. The SMILES string of the molecule is CN1CCC(CN(C)c2cc(Br)cc(C(=O)O)c2)CC1. The summed E-state index contributed by atoms with van der Waals surface area (Å²) in [6, 6.07) is 5.35. The summed E-state index contributed by atoms with van der Waals surface area (Å²) >= 11 is 3.39. The summed E-state index contributed by atoms with van der Waals surface area (Å²) in [5.41, 5.74) is 1.28. The Morgan fingerprint density at radius 3 is 2.65 bits per heavy atom. The van der Waals surface area contributed by atoms with Crippen LogP contribution in [-0.2, 0) is 0 Å². The number of piperidine rings is 1. The summed E-state index contributed by atoms with van der Waals surface area (Å²) in [4.78, 5) is 15.6.